The molecule has 0 saturated heterocycles. The first-order valence-electron chi connectivity index (χ1n) is 6.58. The summed E-state index contributed by atoms with van der Waals surface area (Å²) in [6, 6.07) is 6.61. The van der Waals surface area contributed by atoms with Crippen molar-refractivity contribution < 1.29 is 0 Å². The molecule has 1 N–H and O–H groups in total. The van der Waals surface area contributed by atoms with E-state index in [2.05, 4.69) is 46.9 Å². The summed E-state index contributed by atoms with van der Waals surface area (Å²) in [4.78, 5) is 4.03. The fourth-order valence-electron chi connectivity index (χ4n) is 2.08. The van der Waals surface area contributed by atoms with Gasteiger partial charge in [-0.1, -0.05) is 13.0 Å². The second-order valence-electron chi connectivity index (χ2n) is 4.58. The molecule has 0 radical (unpaired) electrons. The summed E-state index contributed by atoms with van der Waals surface area (Å²) < 4.78 is 2.11. The molecule has 0 amide bonds. The lowest BCUT2D eigenvalue weighted by Gasteiger charge is -2.10. The lowest BCUT2D eigenvalue weighted by atomic mass is 10.1. The van der Waals surface area contributed by atoms with E-state index >= 15 is 0 Å². The highest BCUT2D eigenvalue weighted by molar-refractivity contribution is 5.48. The maximum Gasteiger partial charge on any atom is 0.0945 e. The molecule has 2 aromatic rings. The first-order valence-corrected chi connectivity index (χ1v) is 6.58. The van der Waals surface area contributed by atoms with Crippen molar-refractivity contribution in [2.45, 2.75) is 33.2 Å². The van der Waals surface area contributed by atoms with Crippen molar-refractivity contribution in [3.05, 3.63) is 48.0 Å². The maximum atomic E-state index is 4.03. The average Bonchev–Trinajstić information content (AvgIpc) is 2.89. The fraction of sp³-hybridized carbons (Fsp3) is 0.400. The van der Waals surface area contributed by atoms with Crippen molar-refractivity contribution in [1.82, 2.24) is 9.55 Å². The average molecular weight is 243 g/mol. The van der Waals surface area contributed by atoms with Gasteiger partial charge in [-0.05, 0) is 43.0 Å². The monoisotopic (exact) mass is 243 g/mol. The Morgan fingerprint density at radius 3 is 2.94 bits per heavy atom. The van der Waals surface area contributed by atoms with Crippen molar-refractivity contribution in [2.75, 3.05) is 11.9 Å². The number of aromatic nitrogens is 2. The Morgan fingerprint density at radius 2 is 2.22 bits per heavy atom. The third kappa shape index (κ3) is 3.36. The zero-order valence-corrected chi connectivity index (χ0v) is 11.2. The van der Waals surface area contributed by atoms with Gasteiger partial charge in [-0.25, -0.2) is 4.98 Å². The van der Waals surface area contributed by atoms with Gasteiger partial charge >= 0.3 is 0 Å². The maximum absolute atomic E-state index is 4.03. The molecular weight excluding hydrogens is 222 g/mol. The van der Waals surface area contributed by atoms with E-state index in [0.717, 1.165) is 25.9 Å². The first-order chi connectivity index (χ1) is 8.79. The molecule has 96 valence electrons. The van der Waals surface area contributed by atoms with Gasteiger partial charge in [0.2, 0.25) is 0 Å². The SMILES string of the molecule is CCc1cc(NCCCn2ccnc2)ccc1C. The van der Waals surface area contributed by atoms with E-state index in [-0.39, 0.29) is 0 Å². The van der Waals surface area contributed by atoms with Crippen LogP contribution in [0, 0.1) is 6.92 Å². The minimum atomic E-state index is 0.990. The molecule has 0 aliphatic heterocycles. The van der Waals surface area contributed by atoms with Crippen LogP contribution in [0.4, 0.5) is 5.69 Å². The molecule has 3 heteroatoms. The lowest BCUT2D eigenvalue weighted by Crippen LogP contribution is -2.06. The predicted molar refractivity (Wildman–Crippen MR) is 75.9 cm³/mol. The van der Waals surface area contributed by atoms with E-state index < -0.39 is 0 Å². The molecule has 0 aliphatic carbocycles. The van der Waals surface area contributed by atoms with E-state index in [1.807, 2.05) is 18.7 Å². The van der Waals surface area contributed by atoms with E-state index in [0.29, 0.717) is 0 Å². The fourth-order valence-corrected chi connectivity index (χ4v) is 2.08. The number of rotatable bonds is 6. The van der Waals surface area contributed by atoms with E-state index in [9.17, 15) is 0 Å². The molecule has 1 aromatic carbocycles. The molecular formula is C15H21N3. The largest absolute Gasteiger partial charge is 0.385 e. The van der Waals surface area contributed by atoms with Crippen molar-refractivity contribution in [1.29, 1.82) is 0 Å². The van der Waals surface area contributed by atoms with Crippen LogP contribution in [0.25, 0.3) is 0 Å². The van der Waals surface area contributed by atoms with Gasteiger partial charge in [0, 0.05) is 31.2 Å². The van der Waals surface area contributed by atoms with Gasteiger partial charge in [0.05, 0.1) is 6.33 Å². The zero-order chi connectivity index (χ0) is 12.8. The summed E-state index contributed by atoms with van der Waals surface area (Å²) in [5.74, 6) is 0. The number of imidazole rings is 1. The van der Waals surface area contributed by atoms with Crippen LogP contribution in [0.5, 0.6) is 0 Å². The summed E-state index contributed by atoms with van der Waals surface area (Å²) in [6.07, 6.45) is 7.88. The van der Waals surface area contributed by atoms with Gasteiger partial charge in [-0.2, -0.15) is 0 Å². The highest BCUT2D eigenvalue weighted by Crippen LogP contribution is 2.15. The Bertz CT molecular complexity index is 474. The number of anilines is 1. The second-order valence-corrected chi connectivity index (χ2v) is 4.58. The minimum Gasteiger partial charge on any atom is -0.385 e. The molecule has 2 rings (SSSR count). The van der Waals surface area contributed by atoms with Gasteiger partial charge in [0.25, 0.3) is 0 Å². The van der Waals surface area contributed by atoms with Crippen molar-refractivity contribution in [3.63, 3.8) is 0 Å². The summed E-state index contributed by atoms with van der Waals surface area (Å²) in [6.45, 7) is 6.37. The minimum absolute atomic E-state index is 0.990. The standard InChI is InChI=1S/C15H21N3/c1-3-14-11-15(6-5-13(14)2)17-7-4-9-18-10-8-16-12-18/h5-6,8,10-12,17H,3-4,7,9H2,1-2H3. The smallest absolute Gasteiger partial charge is 0.0945 e. The first kappa shape index (κ1) is 12.7. The van der Waals surface area contributed by atoms with Gasteiger partial charge in [0.1, 0.15) is 0 Å². The Balaban J connectivity index is 1.79. The molecule has 18 heavy (non-hydrogen) atoms. The number of hydrogen-bond acceptors (Lipinski definition) is 2. The van der Waals surface area contributed by atoms with Crippen LogP contribution in [-0.2, 0) is 13.0 Å². The summed E-state index contributed by atoms with van der Waals surface area (Å²) in [5.41, 5.74) is 4.03. The second kappa shape index (κ2) is 6.24. The predicted octanol–water partition coefficient (Wildman–Crippen LogP) is 3.26. The number of benzene rings is 1. The van der Waals surface area contributed by atoms with E-state index in [1.54, 1.807) is 0 Å². The molecule has 0 fully saturated rings. The Hall–Kier alpha value is -1.77. The molecule has 0 bridgehead atoms. The zero-order valence-electron chi connectivity index (χ0n) is 11.2. The highest BCUT2D eigenvalue weighted by atomic mass is 15.0. The quantitative estimate of drug-likeness (QED) is 0.789. The summed E-state index contributed by atoms with van der Waals surface area (Å²) in [7, 11) is 0. The molecule has 1 heterocycles. The van der Waals surface area contributed by atoms with Gasteiger partial charge < -0.3 is 9.88 Å². The Morgan fingerprint density at radius 1 is 1.33 bits per heavy atom. The third-order valence-corrected chi connectivity index (χ3v) is 3.21. The summed E-state index contributed by atoms with van der Waals surface area (Å²) >= 11 is 0. The molecule has 1 aromatic heterocycles. The lowest BCUT2D eigenvalue weighted by molar-refractivity contribution is 0.661. The van der Waals surface area contributed by atoms with Gasteiger partial charge in [-0.3, -0.25) is 0 Å². The van der Waals surface area contributed by atoms with Crippen LogP contribution in [0.3, 0.4) is 0 Å². The van der Waals surface area contributed by atoms with Gasteiger partial charge in [-0.15, -0.1) is 0 Å². The van der Waals surface area contributed by atoms with Crippen molar-refractivity contribution in [2.24, 2.45) is 0 Å². The van der Waals surface area contributed by atoms with Crippen LogP contribution in [-0.4, -0.2) is 16.1 Å². The Kier molecular flexibility index (Phi) is 4.40. The van der Waals surface area contributed by atoms with E-state index in [1.165, 1.54) is 16.8 Å². The van der Waals surface area contributed by atoms with Crippen molar-refractivity contribution >= 4 is 5.69 Å². The molecule has 3 nitrogen and oxygen atoms in total. The van der Waals surface area contributed by atoms with Gasteiger partial charge in [0.15, 0.2) is 0 Å². The Labute approximate surface area is 109 Å². The van der Waals surface area contributed by atoms with Crippen LogP contribution in [0.1, 0.15) is 24.5 Å². The third-order valence-electron chi connectivity index (χ3n) is 3.21. The van der Waals surface area contributed by atoms with Crippen molar-refractivity contribution in [3.8, 4) is 0 Å². The van der Waals surface area contributed by atoms with Crippen LogP contribution >= 0.6 is 0 Å². The molecule has 0 saturated carbocycles. The number of nitrogens with one attached hydrogen (secondary N) is 1. The topological polar surface area (TPSA) is 29.9 Å². The number of hydrogen-bond donors (Lipinski definition) is 1. The number of nitrogens with zero attached hydrogens (tertiary/aromatic N) is 2. The molecule has 0 atom stereocenters. The molecule has 0 spiro atoms. The highest BCUT2D eigenvalue weighted by Gasteiger charge is 1.98. The number of aryl methyl sites for hydroxylation is 3. The molecule has 0 aliphatic rings. The van der Waals surface area contributed by atoms with Crippen LogP contribution in [0.2, 0.25) is 0 Å². The molecule has 0 unspecified atom stereocenters. The van der Waals surface area contributed by atoms with Crippen LogP contribution < -0.4 is 5.32 Å². The van der Waals surface area contributed by atoms with E-state index in [4.69, 9.17) is 0 Å². The summed E-state index contributed by atoms with van der Waals surface area (Å²) in [5, 5.41) is 3.48. The normalized spacial score (nSPS) is 10.6. The van der Waals surface area contributed by atoms with Crippen LogP contribution in [0.15, 0.2) is 36.9 Å².